The van der Waals surface area contributed by atoms with Crippen molar-refractivity contribution in [1.82, 2.24) is 4.57 Å². The topological polar surface area (TPSA) is 4.93 Å². The Morgan fingerprint density at radius 2 is 0.963 bits per heavy atom. The Balaban J connectivity index is 1.31. The standard InChI is InChI=1S/C52H39NS/c1-52(2,3)40-29-26-37(27-30-40)42-20-13-21-43-46-33-45(38-24-22-36(23-25-38)34-14-7-4-8-15-34)49-48(51(46)54-50(42)43)44-31-28-39(35-16-9-5-10-17-35)32-47(44)53(49)41-18-11-6-12-19-41/h4-33H,1-3H3. The highest BCUT2D eigenvalue weighted by atomic mass is 32.1. The van der Waals surface area contributed by atoms with Crippen LogP contribution in [0.25, 0.3) is 92.2 Å². The second-order valence-electron chi connectivity index (χ2n) is 15.3. The fourth-order valence-corrected chi connectivity index (χ4v) is 9.55. The Hall–Kier alpha value is -6.22. The fourth-order valence-electron chi connectivity index (χ4n) is 8.18. The van der Waals surface area contributed by atoms with Crippen LogP contribution < -0.4 is 0 Å². The van der Waals surface area contributed by atoms with Crippen molar-refractivity contribution in [1.29, 1.82) is 0 Å². The normalized spacial score (nSPS) is 12.0. The molecule has 10 rings (SSSR count). The molecule has 0 fully saturated rings. The van der Waals surface area contributed by atoms with Crippen molar-refractivity contribution in [2.75, 3.05) is 0 Å². The molecule has 0 aliphatic rings. The summed E-state index contributed by atoms with van der Waals surface area (Å²) in [6, 6.07) is 67.0. The number of hydrogen-bond donors (Lipinski definition) is 0. The van der Waals surface area contributed by atoms with E-state index >= 15 is 0 Å². The van der Waals surface area contributed by atoms with E-state index in [-0.39, 0.29) is 5.41 Å². The summed E-state index contributed by atoms with van der Waals surface area (Å²) in [5, 5.41) is 5.18. The number of thiophene rings is 1. The van der Waals surface area contributed by atoms with Gasteiger partial charge in [-0.3, -0.25) is 0 Å². The number of nitrogens with zero attached hydrogens (tertiary/aromatic N) is 1. The highest BCUT2D eigenvalue weighted by Crippen LogP contribution is 2.49. The second kappa shape index (κ2) is 12.7. The molecule has 0 N–H and O–H groups in total. The van der Waals surface area contributed by atoms with Crippen molar-refractivity contribution in [2.45, 2.75) is 26.2 Å². The molecule has 8 aromatic carbocycles. The van der Waals surface area contributed by atoms with Crippen LogP contribution in [0.5, 0.6) is 0 Å². The second-order valence-corrected chi connectivity index (χ2v) is 16.4. The molecule has 0 spiro atoms. The van der Waals surface area contributed by atoms with Crippen LogP contribution in [0.2, 0.25) is 0 Å². The van der Waals surface area contributed by atoms with Gasteiger partial charge in [-0.15, -0.1) is 11.3 Å². The van der Waals surface area contributed by atoms with Gasteiger partial charge in [0.25, 0.3) is 0 Å². The van der Waals surface area contributed by atoms with Gasteiger partial charge in [0.2, 0.25) is 0 Å². The van der Waals surface area contributed by atoms with E-state index in [0.29, 0.717) is 0 Å². The lowest BCUT2D eigenvalue weighted by Gasteiger charge is -2.19. The molecule has 2 aromatic heterocycles. The van der Waals surface area contributed by atoms with Crippen LogP contribution in [-0.2, 0) is 5.41 Å². The maximum absolute atomic E-state index is 2.51. The minimum Gasteiger partial charge on any atom is -0.309 e. The maximum Gasteiger partial charge on any atom is 0.0634 e. The van der Waals surface area contributed by atoms with Gasteiger partial charge in [-0.2, -0.15) is 0 Å². The van der Waals surface area contributed by atoms with Gasteiger partial charge in [-0.1, -0.05) is 178 Å². The Bertz CT molecular complexity index is 2960. The van der Waals surface area contributed by atoms with Crippen LogP contribution in [-0.4, -0.2) is 4.57 Å². The fraction of sp³-hybridized carbons (Fsp3) is 0.0769. The van der Waals surface area contributed by atoms with E-state index in [0.717, 1.165) is 5.69 Å². The zero-order valence-electron chi connectivity index (χ0n) is 30.7. The van der Waals surface area contributed by atoms with Crippen LogP contribution in [0.4, 0.5) is 0 Å². The molecule has 54 heavy (non-hydrogen) atoms. The summed E-state index contributed by atoms with van der Waals surface area (Å²) in [4.78, 5) is 0. The number of fused-ring (bicyclic) bond motifs is 7. The van der Waals surface area contributed by atoms with Crippen molar-refractivity contribution < 1.29 is 0 Å². The number of hydrogen-bond acceptors (Lipinski definition) is 1. The van der Waals surface area contributed by atoms with Crippen LogP contribution in [0, 0.1) is 0 Å². The summed E-state index contributed by atoms with van der Waals surface area (Å²) < 4.78 is 5.17. The molecule has 258 valence electrons. The molecule has 0 aliphatic heterocycles. The Labute approximate surface area is 320 Å². The third kappa shape index (κ3) is 5.37. The molecule has 0 aliphatic carbocycles. The van der Waals surface area contributed by atoms with E-state index in [1.54, 1.807) is 0 Å². The lowest BCUT2D eigenvalue weighted by molar-refractivity contribution is 0.590. The molecule has 2 heterocycles. The molecule has 0 radical (unpaired) electrons. The van der Waals surface area contributed by atoms with E-state index < -0.39 is 0 Å². The number of benzene rings is 8. The first kappa shape index (κ1) is 32.4. The van der Waals surface area contributed by atoms with Crippen LogP contribution >= 0.6 is 11.3 Å². The van der Waals surface area contributed by atoms with Crippen LogP contribution in [0.15, 0.2) is 182 Å². The third-order valence-corrected chi connectivity index (χ3v) is 12.3. The molecule has 0 saturated carbocycles. The van der Waals surface area contributed by atoms with E-state index in [1.807, 2.05) is 11.3 Å². The van der Waals surface area contributed by atoms with Gasteiger partial charge < -0.3 is 4.57 Å². The van der Waals surface area contributed by atoms with E-state index in [9.17, 15) is 0 Å². The summed E-state index contributed by atoms with van der Waals surface area (Å²) in [7, 11) is 0. The van der Waals surface area contributed by atoms with Gasteiger partial charge in [-0.25, -0.2) is 0 Å². The van der Waals surface area contributed by atoms with Crippen molar-refractivity contribution in [3.8, 4) is 50.2 Å². The molecular weight excluding hydrogens is 671 g/mol. The molecule has 0 bridgehead atoms. The van der Waals surface area contributed by atoms with Crippen LogP contribution in [0.3, 0.4) is 0 Å². The van der Waals surface area contributed by atoms with Gasteiger partial charge in [0, 0.05) is 42.2 Å². The smallest absolute Gasteiger partial charge is 0.0634 e. The summed E-state index contributed by atoms with van der Waals surface area (Å²) >= 11 is 1.94. The van der Waals surface area contributed by atoms with Gasteiger partial charge in [0.05, 0.1) is 11.0 Å². The predicted molar refractivity (Wildman–Crippen MR) is 234 cm³/mol. The monoisotopic (exact) mass is 709 g/mol. The maximum atomic E-state index is 2.51. The van der Waals surface area contributed by atoms with Crippen LogP contribution in [0.1, 0.15) is 26.3 Å². The minimum atomic E-state index is 0.108. The van der Waals surface area contributed by atoms with Gasteiger partial charge >= 0.3 is 0 Å². The van der Waals surface area contributed by atoms with Crippen molar-refractivity contribution in [3.05, 3.63) is 188 Å². The third-order valence-electron chi connectivity index (χ3n) is 11.0. The quantitative estimate of drug-likeness (QED) is 0.168. The molecule has 2 heteroatoms. The summed E-state index contributed by atoms with van der Waals surface area (Å²) in [6.07, 6.45) is 0. The lowest BCUT2D eigenvalue weighted by atomic mass is 9.86. The number of rotatable bonds is 5. The first-order valence-electron chi connectivity index (χ1n) is 18.8. The van der Waals surface area contributed by atoms with Crippen molar-refractivity contribution in [3.63, 3.8) is 0 Å². The van der Waals surface area contributed by atoms with E-state index in [2.05, 4.69) is 207 Å². The lowest BCUT2D eigenvalue weighted by Crippen LogP contribution is -2.10. The van der Waals surface area contributed by atoms with E-state index in [4.69, 9.17) is 0 Å². The summed E-state index contributed by atoms with van der Waals surface area (Å²) in [5.74, 6) is 0. The summed E-state index contributed by atoms with van der Waals surface area (Å²) in [6.45, 7) is 6.84. The van der Waals surface area contributed by atoms with Gasteiger partial charge in [0.15, 0.2) is 0 Å². The molecule has 0 amide bonds. The largest absolute Gasteiger partial charge is 0.309 e. The average molecular weight is 710 g/mol. The highest BCUT2D eigenvalue weighted by molar-refractivity contribution is 7.27. The predicted octanol–water partition coefficient (Wildman–Crippen LogP) is 15.1. The molecule has 10 aromatic rings. The van der Waals surface area contributed by atoms with Gasteiger partial charge in [-0.05, 0) is 74.2 Å². The molecular formula is C52H39NS. The number of para-hydroxylation sites is 1. The SMILES string of the molecule is CC(C)(C)c1ccc(-c2cccc3c2sc2c3cc(-c3ccc(-c4ccccc4)cc3)c3c2c2ccc(-c4ccccc4)cc2n3-c2ccccc2)cc1. The molecule has 0 atom stereocenters. The first-order chi connectivity index (χ1) is 26.4. The Kier molecular flexibility index (Phi) is 7.64. The molecule has 1 nitrogen and oxygen atoms in total. The zero-order valence-corrected chi connectivity index (χ0v) is 31.5. The van der Waals surface area contributed by atoms with E-state index in [1.165, 1.54) is 92.0 Å². The Morgan fingerprint density at radius 1 is 0.407 bits per heavy atom. The highest BCUT2D eigenvalue weighted by Gasteiger charge is 2.23. The molecule has 0 saturated heterocycles. The first-order valence-corrected chi connectivity index (χ1v) is 19.6. The minimum absolute atomic E-state index is 0.108. The van der Waals surface area contributed by atoms with Gasteiger partial charge in [0.1, 0.15) is 0 Å². The number of aromatic nitrogens is 1. The summed E-state index contributed by atoms with van der Waals surface area (Å²) in [5.41, 5.74) is 14.9. The zero-order chi connectivity index (χ0) is 36.4. The van der Waals surface area contributed by atoms with Crippen molar-refractivity contribution in [2.24, 2.45) is 0 Å². The van der Waals surface area contributed by atoms with Crippen molar-refractivity contribution >= 4 is 53.3 Å². The average Bonchev–Trinajstić information content (AvgIpc) is 3.77. The molecule has 0 unspecified atom stereocenters. The Morgan fingerprint density at radius 3 is 1.63 bits per heavy atom.